The van der Waals surface area contributed by atoms with Gasteiger partial charge in [-0.3, -0.25) is 0 Å². The molecule has 0 spiro atoms. The summed E-state index contributed by atoms with van der Waals surface area (Å²) in [5.74, 6) is 0. The molecule has 0 N–H and O–H groups in total. The Labute approximate surface area is 115 Å². The average molecular weight is 586 g/mol. The Kier molecular flexibility index (Phi) is 5.06. The first-order chi connectivity index (χ1) is 4.59. The summed E-state index contributed by atoms with van der Waals surface area (Å²) in [5, 5.41) is 0. The quantitative estimate of drug-likeness (QED) is 0.322. The number of allylic oxidation sites excluding steroid dienone is 4. The molecule has 0 unspecified atom stereocenters. The van der Waals surface area contributed by atoms with Crippen LogP contribution in [-0.4, -0.2) is 0 Å². The first-order valence-electron chi connectivity index (χ1n) is 3.55. The Bertz CT molecular complexity index is 240. The van der Waals surface area contributed by atoms with Crippen molar-refractivity contribution in [3.8, 4) is 0 Å². The fraction of sp³-hybridized carbons (Fsp3) is 0.600. The van der Waals surface area contributed by atoms with Gasteiger partial charge >= 0.3 is 68.8 Å². The smallest absolute Gasteiger partial charge is 1.00 e. The molecule has 0 amide bonds. The van der Waals surface area contributed by atoms with Gasteiger partial charge in [-0.25, -0.2) is 0 Å². The van der Waals surface area contributed by atoms with Gasteiger partial charge in [0.15, 0.2) is 0 Å². The van der Waals surface area contributed by atoms with Crippen molar-refractivity contribution in [3.63, 3.8) is 0 Å². The topological polar surface area (TPSA) is 0 Å². The number of hydrogen-bond donors (Lipinski definition) is 0. The van der Waals surface area contributed by atoms with E-state index in [1.54, 1.807) is 4.09 Å². The average Bonchev–Trinajstić information content (AvgIpc) is 2.01. The van der Waals surface area contributed by atoms with Gasteiger partial charge in [0.05, 0.1) is 0 Å². The van der Waals surface area contributed by atoms with Gasteiger partial charge in [-0.05, 0) is 0 Å². The van der Waals surface area contributed by atoms with Gasteiger partial charge in [-0.2, -0.15) is 0 Å². The van der Waals surface area contributed by atoms with Crippen molar-refractivity contribution in [1.29, 1.82) is 0 Å². The molecule has 0 radical (unpaired) electrons. The van der Waals surface area contributed by atoms with Crippen LogP contribution in [0, 0.1) is 0 Å². The number of halogens is 2. The van der Waals surface area contributed by atoms with Crippen LogP contribution in [0.25, 0.3) is 0 Å². The first kappa shape index (κ1) is 17.0. The molecule has 1 aliphatic carbocycles. The molecule has 0 nitrogen and oxygen atoms in total. The van der Waals surface area contributed by atoms with E-state index < -0.39 is 12.9 Å². The van der Waals surface area contributed by atoms with Crippen LogP contribution in [0.4, 0.5) is 0 Å². The minimum absolute atomic E-state index is 0. The van der Waals surface area contributed by atoms with Crippen molar-refractivity contribution < 1.29 is 60.8 Å². The Morgan fingerprint density at radius 1 is 1.00 bits per heavy atom. The molecule has 0 saturated heterocycles. The first-order valence-corrected chi connectivity index (χ1v) is 16.7. The molecule has 0 saturated carbocycles. The van der Waals surface area contributed by atoms with Gasteiger partial charge in [-0.15, -0.1) is 0 Å². The third-order valence-corrected chi connectivity index (χ3v) is 10.4. The summed E-state index contributed by atoms with van der Waals surface area (Å²) in [5.41, 5.74) is 12.4. The second kappa shape index (κ2) is 3.87. The molecule has 83 valence electrons. The zero-order valence-corrected chi connectivity index (χ0v) is 15.7. The van der Waals surface area contributed by atoms with Gasteiger partial charge < -0.3 is 48.0 Å². The van der Waals surface area contributed by atoms with Crippen LogP contribution >= 0.6 is 0 Å². The van der Waals surface area contributed by atoms with Crippen LogP contribution in [0.5, 0.6) is 0 Å². The van der Waals surface area contributed by atoms with Crippen molar-refractivity contribution in [2.45, 2.75) is 33.6 Å². The van der Waals surface area contributed by atoms with Crippen LogP contribution in [0.1, 0.15) is 6.42 Å². The Balaban J connectivity index is 0. The summed E-state index contributed by atoms with van der Waals surface area (Å²) in [4.78, 5) is 0. The van der Waals surface area contributed by atoms with E-state index in [0.717, 1.165) is 0 Å². The predicted octanol–water partition coefficient (Wildman–Crippen LogP) is -1.70. The molecule has 13 heavy (non-hydrogen) atoms. The van der Waals surface area contributed by atoms with E-state index >= 15 is 0 Å². The summed E-state index contributed by atoms with van der Waals surface area (Å²) in [6.45, 7) is 0. The maximum Gasteiger partial charge on any atom is -1.00 e. The van der Waals surface area contributed by atoms with Gasteiger partial charge in [-0.1, -0.05) is 0 Å². The van der Waals surface area contributed by atoms with Crippen LogP contribution < -0.4 is 48.0 Å². The predicted molar refractivity (Wildman–Crippen MR) is 51.2 cm³/mol. The summed E-state index contributed by atoms with van der Waals surface area (Å²) in [6.07, 6.45) is 7.98. The van der Waals surface area contributed by atoms with Crippen molar-refractivity contribution >= 4 is 0 Å². The van der Waals surface area contributed by atoms with E-state index in [1.807, 2.05) is 0 Å². The molecule has 0 aromatic heterocycles. The molecule has 0 aromatic carbocycles. The molecule has 0 fully saturated rings. The van der Waals surface area contributed by atoms with Gasteiger partial charge in [0.2, 0.25) is 0 Å². The molecule has 0 bridgehead atoms. The number of hydrogen-bond acceptors (Lipinski definition) is 0. The Hall–Kier alpha value is 1.59. The van der Waals surface area contributed by atoms with Crippen molar-refractivity contribution in [2.75, 3.05) is 0 Å². The molecule has 0 aliphatic heterocycles. The molecule has 1 rings (SSSR count). The second-order valence-corrected chi connectivity index (χ2v) is 36.9. The van der Waals surface area contributed by atoms with Crippen LogP contribution in [0.15, 0.2) is 22.3 Å². The molecule has 1 aliphatic rings. The van der Waals surface area contributed by atoms with Crippen LogP contribution in [0.2, 0.25) is 27.2 Å². The van der Waals surface area contributed by atoms with Gasteiger partial charge in [0.25, 0.3) is 0 Å². The molecular weight excluding hydrogens is 566 g/mol. The fourth-order valence-corrected chi connectivity index (χ4v) is 5.98. The van der Waals surface area contributed by atoms with Crippen LogP contribution in [0.3, 0.4) is 0 Å². The zero-order valence-electron chi connectivity index (χ0n) is 9.03. The summed E-state index contributed by atoms with van der Waals surface area (Å²) in [7, 11) is 0. The molecule has 0 aromatic rings. The van der Waals surface area contributed by atoms with Gasteiger partial charge in [0.1, 0.15) is 0 Å². The number of rotatable bonds is 1. The molecule has 3 heteroatoms. The summed E-state index contributed by atoms with van der Waals surface area (Å²) in [6, 6.07) is 0. The minimum atomic E-state index is -2.61. The van der Waals surface area contributed by atoms with Crippen molar-refractivity contribution in [3.05, 3.63) is 22.3 Å². The van der Waals surface area contributed by atoms with Crippen molar-refractivity contribution in [1.82, 2.24) is 0 Å². The third-order valence-electron chi connectivity index (χ3n) is 1.78. The fourth-order valence-electron chi connectivity index (χ4n) is 1.03. The monoisotopic (exact) mass is 587 g/mol. The van der Waals surface area contributed by atoms with Crippen LogP contribution in [-0.2, 0) is 12.9 Å². The molecule has 0 heterocycles. The zero-order chi connectivity index (χ0) is 8.81. The van der Waals surface area contributed by atoms with Crippen molar-refractivity contribution in [2.24, 2.45) is 0 Å². The Morgan fingerprint density at radius 2 is 1.46 bits per heavy atom. The molecular formula is C10H20I2Ir. The van der Waals surface area contributed by atoms with E-state index in [9.17, 15) is 0 Å². The normalized spacial score (nSPS) is 20.5. The van der Waals surface area contributed by atoms with E-state index in [0.29, 0.717) is 0 Å². The van der Waals surface area contributed by atoms with E-state index in [4.69, 9.17) is 0 Å². The summed E-state index contributed by atoms with van der Waals surface area (Å²) >= 11 is -2.61. The summed E-state index contributed by atoms with van der Waals surface area (Å²) < 4.78 is 1.70. The van der Waals surface area contributed by atoms with E-state index in [2.05, 4.69) is 45.4 Å². The maximum absolute atomic E-state index is 2.61. The largest absolute Gasteiger partial charge is 1.00 e. The standard InChI is InChI=1S/C5H5.5CH3.2HI.Ir/c1-2-4-5-3-1;;;;;;;;/h1-3H,4H2;5*1H3;2*1H;/q;;;;;;;;+2/p-2. The maximum atomic E-state index is 2.48. The van der Waals surface area contributed by atoms with E-state index in [1.165, 1.54) is 6.42 Å². The minimum Gasteiger partial charge on any atom is -1.00 e. The second-order valence-electron chi connectivity index (χ2n) is 5.38. The van der Waals surface area contributed by atoms with Gasteiger partial charge in [0, 0.05) is 0 Å². The SMILES string of the molecule is [CH3][Ir+2]([CH3])([CH3])([CH3])([CH3])[C]1=CC=CC1.[I-].[I-]. The Morgan fingerprint density at radius 3 is 1.62 bits per heavy atom. The van der Waals surface area contributed by atoms with E-state index in [-0.39, 0.29) is 48.0 Å². The molecule has 0 atom stereocenters. The third kappa shape index (κ3) is 5.28.